The van der Waals surface area contributed by atoms with Crippen LogP contribution in [0.3, 0.4) is 0 Å². The Morgan fingerprint density at radius 3 is 2.59 bits per heavy atom. The number of aromatic nitrogens is 5. The van der Waals surface area contributed by atoms with E-state index in [2.05, 4.69) is 25.4 Å². The molecule has 0 aliphatic carbocycles. The minimum Gasteiger partial charge on any atom is -0.475 e. The Hall–Kier alpha value is -4.05. The normalized spacial score (nSPS) is 13.0. The Labute approximate surface area is 192 Å². The molecule has 0 radical (unpaired) electrons. The molecule has 0 bridgehead atoms. The Morgan fingerprint density at radius 1 is 1.15 bits per heavy atom. The summed E-state index contributed by atoms with van der Waals surface area (Å²) in [5.41, 5.74) is 0.789. The van der Waals surface area contributed by atoms with Crippen LogP contribution < -0.4 is 10.1 Å². The Morgan fingerprint density at radius 2 is 1.91 bits per heavy atom. The van der Waals surface area contributed by atoms with Crippen LogP contribution >= 0.6 is 0 Å². The van der Waals surface area contributed by atoms with Gasteiger partial charge in [-0.15, -0.1) is 5.10 Å². The molecule has 10 nitrogen and oxygen atoms in total. The number of carbonyl (C=O) groups excluding carboxylic acids is 1. The van der Waals surface area contributed by atoms with E-state index < -0.39 is 24.2 Å². The molecule has 1 amide bonds. The highest BCUT2D eigenvalue weighted by molar-refractivity contribution is 5.82. The van der Waals surface area contributed by atoms with Crippen molar-refractivity contribution in [1.82, 2.24) is 30.5 Å². The van der Waals surface area contributed by atoms with Gasteiger partial charge in [0.2, 0.25) is 12.4 Å². The maximum atomic E-state index is 12.9. The Bertz CT molecular complexity index is 1090. The van der Waals surface area contributed by atoms with Crippen LogP contribution in [0.4, 0.5) is 13.2 Å². The first kappa shape index (κ1) is 24.6. The molecule has 0 fully saturated rings. The van der Waals surface area contributed by atoms with Crippen LogP contribution in [0.15, 0.2) is 54.7 Å². The standard InChI is InChI=1S/C21H20F3N7O3/c1-25-11-16(13-34-18-9-5-6-10-26-18)31-19(28-29-30-31)17(27-20(32)21(22,23)24)14-33-12-15-7-3-2-4-8-15/h2-10,16-17H,11-14H2,(H,27,32)/t16-,17-/m1/s1. The smallest absolute Gasteiger partial charge is 0.471 e. The third-order valence-electron chi connectivity index (χ3n) is 4.50. The van der Waals surface area contributed by atoms with E-state index >= 15 is 0 Å². The topological polar surface area (TPSA) is 108 Å². The van der Waals surface area contributed by atoms with Gasteiger partial charge < -0.3 is 19.6 Å². The van der Waals surface area contributed by atoms with Gasteiger partial charge in [0.05, 0.1) is 13.2 Å². The lowest BCUT2D eigenvalue weighted by Crippen LogP contribution is -2.42. The van der Waals surface area contributed by atoms with E-state index in [9.17, 15) is 18.0 Å². The summed E-state index contributed by atoms with van der Waals surface area (Å²) in [6.07, 6.45) is -3.59. The molecule has 2 atom stereocenters. The van der Waals surface area contributed by atoms with Crippen molar-refractivity contribution in [2.75, 3.05) is 19.8 Å². The van der Waals surface area contributed by atoms with E-state index in [1.807, 2.05) is 11.4 Å². The maximum Gasteiger partial charge on any atom is 0.471 e. The minimum atomic E-state index is -5.12. The lowest BCUT2D eigenvalue weighted by molar-refractivity contribution is -0.175. The van der Waals surface area contributed by atoms with Crippen LogP contribution in [-0.2, 0) is 16.1 Å². The highest BCUT2D eigenvalue weighted by Gasteiger charge is 2.41. The molecule has 1 N–H and O–H groups in total. The number of alkyl halides is 3. The van der Waals surface area contributed by atoms with Crippen LogP contribution in [0.5, 0.6) is 5.88 Å². The first-order valence-corrected chi connectivity index (χ1v) is 10.0. The zero-order valence-corrected chi connectivity index (χ0v) is 17.7. The molecule has 2 aromatic heterocycles. The number of hydrogen-bond donors (Lipinski definition) is 1. The van der Waals surface area contributed by atoms with Crippen LogP contribution in [0.25, 0.3) is 4.85 Å². The highest BCUT2D eigenvalue weighted by Crippen LogP contribution is 2.21. The minimum absolute atomic E-state index is 0.0811. The number of amides is 1. The zero-order chi connectivity index (χ0) is 24.4. The molecule has 3 aromatic rings. The van der Waals surface area contributed by atoms with Crippen LogP contribution in [0, 0.1) is 6.57 Å². The predicted octanol–water partition coefficient (Wildman–Crippen LogP) is 2.54. The SMILES string of the molecule is [C-]#[N+]C[C@H](COc1ccccn1)n1nnnc1[C@@H](COCc1ccccc1)NC(=O)C(F)(F)F. The summed E-state index contributed by atoms with van der Waals surface area (Å²) in [6, 6.07) is 11.9. The lowest BCUT2D eigenvalue weighted by Gasteiger charge is -2.21. The highest BCUT2D eigenvalue weighted by atomic mass is 19.4. The van der Waals surface area contributed by atoms with Crippen LogP contribution in [0.1, 0.15) is 23.5 Å². The largest absolute Gasteiger partial charge is 0.475 e. The van der Waals surface area contributed by atoms with Gasteiger partial charge in [-0.3, -0.25) is 4.79 Å². The van der Waals surface area contributed by atoms with Crippen molar-refractivity contribution in [3.8, 4) is 5.88 Å². The van der Waals surface area contributed by atoms with Gasteiger partial charge in [-0.1, -0.05) is 36.4 Å². The number of rotatable bonds is 11. The number of nitrogens with zero attached hydrogens (tertiary/aromatic N) is 6. The van der Waals surface area contributed by atoms with Gasteiger partial charge in [0, 0.05) is 12.3 Å². The van der Waals surface area contributed by atoms with Crippen molar-refractivity contribution in [2.24, 2.45) is 0 Å². The van der Waals surface area contributed by atoms with Crippen molar-refractivity contribution >= 4 is 5.91 Å². The van der Waals surface area contributed by atoms with Crippen molar-refractivity contribution < 1.29 is 27.4 Å². The van der Waals surface area contributed by atoms with E-state index in [1.165, 1.54) is 6.20 Å². The molecule has 13 heteroatoms. The third-order valence-corrected chi connectivity index (χ3v) is 4.50. The second-order valence-corrected chi connectivity index (χ2v) is 6.98. The first-order valence-electron chi connectivity index (χ1n) is 10.0. The van der Waals surface area contributed by atoms with Crippen molar-refractivity contribution in [2.45, 2.75) is 24.9 Å². The van der Waals surface area contributed by atoms with Crippen molar-refractivity contribution in [3.05, 3.63) is 77.5 Å². The number of halogens is 3. The molecule has 0 saturated carbocycles. The summed E-state index contributed by atoms with van der Waals surface area (Å²) >= 11 is 0. The van der Waals surface area contributed by atoms with E-state index in [1.54, 1.807) is 42.5 Å². The number of ether oxygens (including phenoxy) is 2. The second kappa shape index (κ2) is 11.7. The van der Waals surface area contributed by atoms with Gasteiger partial charge in [-0.25, -0.2) is 16.2 Å². The maximum absolute atomic E-state index is 12.9. The van der Waals surface area contributed by atoms with E-state index in [4.69, 9.17) is 16.0 Å². The molecule has 0 aliphatic rings. The quantitative estimate of drug-likeness (QED) is 0.425. The van der Waals surface area contributed by atoms with Gasteiger partial charge in [-0.05, 0) is 22.1 Å². The molecule has 1 aromatic carbocycles. The fourth-order valence-electron chi connectivity index (χ4n) is 2.90. The summed E-state index contributed by atoms with van der Waals surface area (Å²) in [6.45, 7) is 6.76. The van der Waals surface area contributed by atoms with Gasteiger partial charge in [-0.2, -0.15) is 13.2 Å². The average molecular weight is 475 g/mol. The molecule has 0 unspecified atom stereocenters. The number of tetrazole rings is 1. The predicted molar refractivity (Wildman–Crippen MR) is 111 cm³/mol. The van der Waals surface area contributed by atoms with Gasteiger partial charge in [0.15, 0.2) is 11.9 Å². The fraction of sp³-hybridized carbons (Fsp3) is 0.333. The molecule has 178 valence electrons. The summed E-state index contributed by atoms with van der Waals surface area (Å²) in [5.74, 6) is -1.98. The number of pyridine rings is 1. The molecular formula is C21H20F3N7O3. The van der Waals surface area contributed by atoms with E-state index in [0.29, 0.717) is 5.88 Å². The fourth-order valence-corrected chi connectivity index (χ4v) is 2.90. The number of nitrogens with one attached hydrogen (secondary N) is 1. The summed E-state index contributed by atoms with van der Waals surface area (Å²) < 4.78 is 51.1. The first-order chi connectivity index (χ1) is 16.4. The molecule has 34 heavy (non-hydrogen) atoms. The van der Waals surface area contributed by atoms with Gasteiger partial charge in [0.25, 0.3) is 0 Å². The van der Waals surface area contributed by atoms with Gasteiger partial charge >= 0.3 is 12.1 Å². The van der Waals surface area contributed by atoms with Gasteiger partial charge in [0.1, 0.15) is 12.6 Å². The molecule has 3 rings (SSSR count). The second-order valence-electron chi connectivity index (χ2n) is 6.98. The van der Waals surface area contributed by atoms with E-state index in [-0.39, 0.29) is 32.2 Å². The van der Waals surface area contributed by atoms with Crippen molar-refractivity contribution in [1.29, 1.82) is 0 Å². The molecule has 0 spiro atoms. The summed E-state index contributed by atoms with van der Waals surface area (Å²) in [7, 11) is 0. The average Bonchev–Trinajstić information content (AvgIpc) is 3.31. The summed E-state index contributed by atoms with van der Waals surface area (Å²) in [5, 5.41) is 13.0. The zero-order valence-electron chi connectivity index (χ0n) is 17.7. The number of hydrogen-bond acceptors (Lipinski definition) is 7. The lowest BCUT2D eigenvalue weighted by atomic mass is 10.2. The van der Waals surface area contributed by atoms with E-state index in [0.717, 1.165) is 10.2 Å². The summed E-state index contributed by atoms with van der Waals surface area (Å²) in [4.78, 5) is 19.0. The monoisotopic (exact) mass is 475 g/mol. The Balaban J connectivity index is 1.79. The molecule has 0 aliphatic heterocycles. The number of benzene rings is 1. The van der Waals surface area contributed by atoms with Crippen molar-refractivity contribution in [3.63, 3.8) is 0 Å². The van der Waals surface area contributed by atoms with Crippen LogP contribution in [-0.4, -0.2) is 57.0 Å². The molecule has 2 heterocycles. The Kier molecular flexibility index (Phi) is 8.47. The molecular weight excluding hydrogens is 455 g/mol. The van der Waals surface area contributed by atoms with Crippen LogP contribution in [0.2, 0.25) is 0 Å². The third kappa shape index (κ3) is 6.97. The number of carbonyl (C=O) groups is 1. The molecule has 0 saturated heterocycles.